The van der Waals surface area contributed by atoms with Crippen LogP contribution >= 0.6 is 15.9 Å². The van der Waals surface area contributed by atoms with Gasteiger partial charge in [-0.25, -0.2) is 5.43 Å². The summed E-state index contributed by atoms with van der Waals surface area (Å²) in [4.78, 5) is 22.1. The van der Waals surface area contributed by atoms with E-state index in [1.807, 2.05) is 0 Å². The van der Waals surface area contributed by atoms with E-state index < -0.39 is 10.8 Å². The molecule has 2 aromatic carbocycles. The van der Waals surface area contributed by atoms with Gasteiger partial charge in [-0.05, 0) is 34.1 Å². The molecular formula is C14H10BrN3O4. The number of hydrogen-bond donors (Lipinski definition) is 2. The molecule has 22 heavy (non-hydrogen) atoms. The quantitative estimate of drug-likeness (QED) is 0.494. The monoisotopic (exact) mass is 363 g/mol. The van der Waals surface area contributed by atoms with Gasteiger partial charge in [0.1, 0.15) is 5.75 Å². The number of rotatable bonds is 4. The van der Waals surface area contributed by atoms with E-state index in [1.165, 1.54) is 30.5 Å². The molecule has 0 aromatic heterocycles. The highest BCUT2D eigenvalue weighted by molar-refractivity contribution is 9.10. The summed E-state index contributed by atoms with van der Waals surface area (Å²) in [5, 5.41) is 24.1. The Kier molecular flexibility index (Phi) is 4.84. The van der Waals surface area contributed by atoms with Crippen LogP contribution in [0.5, 0.6) is 5.75 Å². The van der Waals surface area contributed by atoms with E-state index in [1.54, 1.807) is 18.2 Å². The van der Waals surface area contributed by atoms with Gasteiger partial charge in [-0.15, -0.1) is 0 Å². The Hall–Kier alpha value is -2.74. The average molecular weight is 364 g/mol. The van der Waals surface area contributed by atoms with Crippen molar-refractivity contribution in [1.29, 1.82) is 0 Å². The fourth-order valence-corrected chi connectivity index (χ4v) is 2.03. The summed E-state index contributed by atoms with van der Waals surface area (Å²) in [5.74, 6) is -0.740. The number of phenols is 1. The number of nitrogens with one attached hydrogen (secondary N) is 1. The molecule has 0 aliphatic rings. The van der Waals surface area contributed by atoms with Crippen LogP contribution in [0.2, 0.25) is 0 Å². The van der Waals surface area contributed by atoms with Crippen LogP contribution in [0.1, 0.15) is 15.9 Å². The summed E-state index contributed by atoms with van der Waals surface area (Å²) in [5.41, 5.74) is 2.68. The average Bonchev–Trinajstić information content (AvgIpc) is 2.49. The maximum atomic E-state index is 11.8. The third-order valence-electron chi connectivity index (χ3n) is 2.70. The summed E-state index contributed by atoms with van der Waals surface area (Å²) in [6.07, 6.45) is 1.28. The summed E-state index contributed by atoms with van der Waals surface area (Å²) in [6, 6.07) is 10.5. The van der Waals surface area contributed by atoms with Gasteiger partial charge in [-0.1, -0.05) is 18.2 Å². The van der Waals surface area contributed by atoms with Crippen LogP contribution in [0, 0.1) is 10.1 Å². The van der Waals surface area contributed by atoms with Crippen LogP contribution in [0.4, 0.5) is 5.69 Å². The molecule has 0 spiro atoms. The van der Waals surface area contributed by atoms with Gasteiger partial charge in [0.05, 0.1) is 21.2 Å². The van der Waals surface area contributed by atoms with E-state index >= 15 is 0 Å². The molecular weight excluding hydrogens is 354 g/mol. The standard InChI is InChI=1S/C14H10BrN3O4/c15-11-6-5-9(7-12(11)18(21)22)8-16-17-14(20)10-3-1-2-4-13(10)19/h1-8,19H,(H,17,20)/b16-8-. The molecule has 0 atom stereocenters. The smallest absolute Gasteiger partial charge is 0.284 e. The van der Waals surface area contributed by atoms with Crippen molar-refractivity contribution in [3.63, 3.8) is 0 Å². The van der Waals surface area contributed by atoms with Crippen molar-refractivity contribution in [3.8, 4) is 5.75 Å². The number of hydrazone groups is 1. The minimum absolute atomic E-state index is 0.0847. The molecule has 2 rings (SSSR count). The molecule has 0 radical (unpaired) electrons. The summed E-state index contributed by atoms with van der Waals surface area (Å²) < 4.78 is 0.355. The maximum absolute atomic E-state index is 11.8. The Morgan fingerprint density at radius 3 is 2.73 bits per heavy atom. The molecule has 2 aromatic rings. The second-order valence-electron chi connectivity index (χ2n) is 4.18. The van der Waals surface area contributed by atoms with Crippen LogP contribution in [-0.4, -0.2) is 22.2 Å². The van der Waals surface area contributed by atoms with Gasteiger partial charge in [0.25, 0.3) is 11.6 Å². The predicted molar refractivity (Wildman–Crippen MR) is 84.0 cm³/mol. The lowest BCUT2D eigenvalue weighted by Crippen LogP contribution is -2.17. The van der Waals surface area contributed by atoms with E-state index in [2.05, 4.69) is 26.5 Å². The van der Waals surface area contributed by atoms with Crippen LogP contribution in [0.3, 0.4) is 0 Å². The highest BCUT2D eigenvalue weighted by Crippen LogP contribution is 2.24. The van der Waals surface area contributed by atoms with Crippen LogP contribution in [-0.2, 0) is 0 Å². The van der Waals surface area contributed by atoms with Crippen LogP contribution in [0.15, 0.2) is 52.0 Å². The Balaban J connectivity index is 2.10. The van der Waals surface area contributed by atoms with E-state index in [-0.39, 0.29) is 17.0 Å². The van der Waals surface area contributed by atoms with Crippen molar-refractivity contribution in [1.82, 2.24) is 5.43 Å². The molecule has 2 N–H and O–H groups in total. The molecule has 0 aliphatic carbocycles. The predicted octanol–water partition coefficient (Wildman–Crippen LogP) is 2.83. The van der Waals surface area contributed by atoms with Crippen molar-refractivity contribution < 1.29 is 14.8 Å². The van der Waals surface area contributed by atoms with Gasteiger partial charge in [-0.3, -0.25) is 14.9 Å². The van der Waals surface area contributed by atoms with E-state index in [9.17, 15) is 20.0 Å². The second kappa shape index (κ2) is 6.81. The number of halogens is 1. The van der Waals surface area contributed by atoms with Crippen molar-refractivity contribution in [2.45, 2.75) is 0 Å². The number of nitro benzene ring substituents is 1. The number of benzene rings is 2. The fourth-order valence-electron chi connectivity index (χ4n) is 1.64. The number of para-hydroxylation sites is 1. The largest absolute Gasteiger partial charge is 0.507 e. The molecule has 0 saturated heterocycles. The molecule has 0 bridgehead atoms. The third-order valence-corrected chi connectivity index (χ3v) is 3.37. The highest BCUT2D eigenvalue weighted by Gasteiger charge is 2.12. The first kappa shape index (κ1) is 15.6. The van der Waals surface area contributed by atoms with Crippen molar-refractivity contribution >= 4 is 33.7 Å². The molecule has 0 aliphatic heterocycles. The molecule has 1 amide bonds. The van der Waals surface area contributed by atoms with Gasteiger partial charge < -0.3 is 5.11 Å². The fraction of sp³-hybridized carbons (Fsp3) is 0. The maximum Gasteiger partial charge on any atom is 0.284 e. The summed E-state index contributed by atoms with van der Waals surface area (Å²) in [7, 11) is 0. The number of nitrogens with zero attached hydrogens (tertiary/aromatic N) is 2. The zero-order valence-corrected chi connectivity index (χ0v) is 12.6. The molecule has 0 fully saturated rings. The highest BCUT2D eigenvalue weighted by atomic mass is 79.9. The molecule has 0 saturated carbocycles. The lowest BCUT2D eigenvalue weighted by atomic mass is 10.2. The molecule has 0 heterocycles. The Labute approximate surface area is 133 Å². The number of aromatic hydroxyl groups is 1. The van der Waals surface area contributed by atoms with Crippen LogP contribution in [0.25, 0.3) is 0 Å². The number of amides is 1. The minimum Gasteiger partial charge on any atom is -0.507 e. The van der Waals surface area contributed by atoms with Crippen molar-refractivity contribution in [3.05, 3.63) is 68.2 Å². The summed E-state index contributed by atoms with van der Waals surface area (Å²) in [6.45, 7) is 0. The second-order valence-corrected chi connectivity index (χ2v) is 5.04. The number of hydrogen-bond acceptors (Lipinski definition) is 5. The lowest BCUT2D eigenvalue weighted by Gasteiger charge is -2.02. The third kappa shape index (κ3) is 3.67. The SMILES string of the molecule is O=C(N/N=C\c1ccc(Br)c([N+](=O)[O-])c1)c1ccccc1O. The topological polar surface area (TPSA) is 105 Å². The summed E-state index contributed by atoms with van der Waals surface area (Å²) >= 11 is 3.08. The van der Waals surface area contributed by atoms with Crippen molar-refractivity contribution in [2.24, 2.45) is 5.10 Å². The van der Waals surface area contributed by atoms with Gasteiger partial charge in [0.2, 0.25) is 0 Å². The van der Waals surface area contributed by atoms with Gasteiger partial charge in [-0.2, -0.15) is 5.10 Å². The Morgan fingerprint density at radius 2 is 2.05 bits per heavy atom. The first-order chi connectivity index (χ1) is 10.5. The Bertz CT molecular complexity index is 762. The normalized spacial score (nSPS) is 10.6. The van der Waals surface area contributed by atoms with Gasteiger partial charge >= 0.3 is 0 Å². The van der Waals surface area contributed by atoms with Crippen molar-refractivity contribution in [2.75, 3.05) is 0 Å². The Morgan fingerprint density at radius 1 is 1.32 bits per heavy atom. The number of carbonyl (C=O) groups is 1. The number of carbonyl (C=O) groups excluding carboxylic acids is 1. The minimum atomic E-state index is -0.582. The molecule has 8 heteroatoms. The molecule has 112 valence electrons. The first-order valence-corrected chi connectivity index (χ1v) is 6.83. The van der Waals surface area contributed by atoms with Gasteiger partial charge in [0, 0.05) is 11.6 Å². The van der Waals surface area contributed by atoms with E-state index in [0.717, 1.165) is 0 Å². The van der Waals surface area contributed by atoms with Gasteiger partial charge in [0.15, 0.2) is 0 Å². The first-order valence-electron chi connectivity index (χ1n) is 6.04. The molecule has 7 nitrogen and oxygen atoms in total. The van der Waals surface area contributed by atoms with E-state index in [4.69, 9.17) is 0 Å². The number of phenolic OH excluding ortho intramolecular Hbond substituents is 1. The zero-order valence-electron chi connectivity index (χ0n) is 11.1. The lowest BCUT2D eigenvalue weighted by molar-refractivity contribution is -0.385. The van der Waals surface area contributed by atoms with E-state index in [0.29, 0.717) is 10.0 Å². The zero-order chi connectivity index (χ0) is 16.1. The molecule has 0 unspecified atom stereocenters. The number of nitro groups is 1. The van der Waals surface area contributed by atoms with Crippen LogP contribution < -0.4 is 5.43 Å².